The van der Waals surface area contributed by atoms with E-state index in [4.69, 9.17) is 0 Å². The van der Waals surface area contributed by atoms with Gasteiger partial charge < -0.3 is 15.5 Å². The summed E-state index contributed by atoms with van der Waals surface area (Å²) in [5, 5.41) is 6.68. The first-order valence-corrected chi connectivity index (χ1v) is 8.94. The number of hydrogen-bond donors (Lipinski definition) is 2. The second-order valence-electron chi connectivity index (χ2n) is 6.89. The fourth-order valence-electron chi connectivity index (χ4n) is 3.29. The highest BCUT2D eigenvalue weighted by molar-refractivity contribution is 5.76. The van der Waals surface area contributed by atoms with Crippen molar-refractivity contribution in [2.75, 3.05) is 26.2 Å². The van der Waals surface area contributed by atoms with Gasteiger partial charge in [0.15, 0.2) is 0 Å². The summed E-state index contributed by atoms with van der Waals surface area (Å²) in [5.74, 6) is 1.00. The number of carbonyl (C=O) groups is 1. The fraction of sp³-hybridized carbons (Fsp3) is 0.941. The number of nitrogens with zero attached hydrogens (tertiary/aromatic N) is 1. The van der Waals surface area contributed by atoms with Gasteiger partial charge >= 0.3 is 0 Å². The van der Waals surface area contributed by atoms with Crippen LogP contribution in [0.2, 0.25) is 0 Å². The molecular weight excluding hydrogens is 262 g/mol. The molecule has 0 aromatic rings. The number of carbonyl (C=O) groups excluding carboxylic acids is 1. The van der Waals surface area contributed by atoms with Crippen molar-refractivity contribution >= 4 is 5.91 Å². The van der Waals surface area contributed by atoms with E-state index in [-0.39, 0.29) is 5.91 Å². The summed E-state index contributed by atoms with van der Waals surface area (Å²) >= 11 is 0. The van der Waals surface area contributed by atoms with E-state index in [1.807, 2.05) is 0 Å². The summed E-state index contributed by atoms with van der Waals surface area (Å²) in [4.78, 5) is 14.2. The first kappa shape index (κ1) is 16.8. The first-order chi connectivity index (χ1) is 10.2. The predicted octanol–water partition coefficient (Wildman–Crippen LogP) is 2.15. The minimum Gasteiger partial charge on any atom is -0.353 e. The molecule has 0 aromatic carbocycles. The van der Waals surface area contributed by atoms with Gasteiger partial charge in [-0.25, -0.2) is 0 Å². The number of likely N-dealkylation sites (tertiary alicyclic amines) is 1. The lowest BCUT2D eigenvalue weighted by molar-refractivity contribution is -0.121. The van der Waals surface area contributed by atoms with Crippen molar-refractivity contribution in [3.8, 4) is 0 Å². The molecule has 122 valence electrons. The van der Waals surface area contributed by atoms with Gasteiger partial charge in [0.1, 0.15) is 0 Å². The van der Waals surface area contributed by atoms with Gasteiger partial charge in [-0.05, 0) is 71.0 Å². The molecule has 0 spiro atoms. The van der Waals surface area contributed by atoms with Crippen LogP contribution in [0.15, 0.2) is 0 Å². The SMILES string of the molecule is CCCN1CCCC(C(C)NCCCC(=O)NC2CC2)C1. The summed E-state index contributed by atoms with van der Waals surface area (Å²) < 4.78 is 0. The molecule has 2 atom stereocenters. The van der Waals surface area contributed by atoms with E-state index in [0.29, 0.717) is 18.5 Å². The maximum Gasteiger partial charge on any atom is 0.220 e. The fourth-order valence-corrected chi connectivity index (χ4v) is 3.29. The monoisotopic (exact) mass is 295 g/mol. The molecule has 2 unspecified atom stereocenters. The van der Waals surface area contributed by atoms with Crippen LogP contribution < -0.4 is 10.6 Å². The van der Waals surface area contributed by atoms with Crippen LogP contribution in [0.25, 0.3) is 0 Å². The van der Waals surface area contributed by atoms with Crippen LogP contribution in [0.1, 0.15) is 58.8 Å². The minimum absolute atomic E-state index is 0.235. The molecule has 1 aliphatic carbocycles. The largest absolute Gasteiger partial charge is 0.353 e. The summed E-state index contributed by atoms with van der Waals surface area (Å²) in [6, 6.07) is 1.06. The molecule has 1 heterocycles. The molecule has 1 amide bonds. The van der Waals surface area contributed by atoms with Crippen LogP contribution in [0.3, 0.4) is 0 Å². The predicted molar refractivity (Wildman–Crippen MR) is 87.3 cm³/mol. The summed E-state index contributed by atoms with van der Waals surface area (Å²) in [7, 11) is 0. The highest BCUT2D eigenvalue weighted by Crippen LogP contribution is 2.20. The first-order valence-electron chi connectivity index (χ1n) is 8.94. The van der Waals surface area contributed by atoms with Crippen molar-refractivity contribution in [2.45, 2.75) is 70.9 Å². The van der Waals surface area contributed by atoms with E-state index in [1.165, 1.54) is 51.7 Å². The Morgan fingerprint density at radius 3 is 2.86 bits per heavy atom. The van der Waals surface area contributed by atoms with Crippen molar-refractivity contribution in [1.82, 2.24) is 15.5 Å². The molecule has 21 heavy (non-hydrogen) atoms. The van der Waals surface area contributed by atoms with Crippen LogP contribution in [0.5, 0.6) is 0 Å². The number of piperidine rings is 1. The summed E-state index contributed by atoms with van der Waals surface area (Å²) in [6.45, 7) is 9.29. The van der Waals surface area contributed by atoms with Gasteiger partial charge in [0, 0.05) is 25.0 Å². The van der Waals surface area contributed by atoms with Gasteiger partial charge in [-0.15, -0.1) is 0 Å². The quantitative estimate of drug-likeness (QED) is 0.641. The normalized spacial score (nSPS) is 24.8. The Bertz CT molecular complexity index is 315. The molecule has 4 nitrogen and oxygen atoms in total. The van der Waals surface area contributed by atoms with Crippen LogP contribution in [-0.4, -0.2) is 49.1 Å². The number of nitrogens with one attached hydrogen (secondary N) is 2. The van der Waals surface area contributed by atoms with E-state index in [1.54, 1.807) is 0 Å². The Kier molecular flexibility index (Phi) is 6.97. The molecule has 2 N–H and O–H groups in total. The topological polar surface area (TPSA) is 44.4 Å². The molecule has 1 aliphatic heterocycles. The molecule has 1 saturated carbocycles. The molecule has 2 fully saturated rings. The van der Waals surface area contributed by atoms with Gasteiger partial charge in [0.25, 0.3) is 0 Å². The Balaban J connectivity index is 1.55. The van der Waals surface area contributed by atoms with E-state index >= 15 is 0 Å². The number of hydrogen-bond acceptors (Lipinski definition) is 3. The highest BCUT2D eigenvalue weighted by atomic mass is 16.1. The smallest absolute Gasteiger partial charge is 0.220 e. The second kappa shape index (κ2) is 8.74. The van der Waals surface area contributed by atoms with E-state index in [2.05, 4.69) is 29.4 Å². The van der Waals surface area contributed by atoms with Crippen molar-refractivity contribution in [2.24, 2.45) is 5.92 Å². The second-order valence-corrected chi connectivity index (χ2v) is 6.89. The third-order valence-corrected chi connectivity index (χ3v) is 4.78. The van der Waals surface area contributed by atoms with Crippen LogP contribution >= 0.6 is 0 Å². The number of amides is 1. The van der Waals surface area contributed by atoms with Crippen molar-refractivity contribution < 1.29 is 4.79 Å². The van der Waals surface area contributed by atoms with E-state index in [0.717, 1.165) is 18.9 Å². The van der Waals surface area contributed by atoms with Crippen molar-refractivity contribution in [3.63, 3.8) is 0 Å². The highest BCUT2D eigenvalue weighted by Gasteiger charge is 2.24. The third kappa shape index (κ3) is 6.35. The van der Waals surface area contributed by atoms with E-state index < -0.39 is 0 Å². The molecule has 4 heteroatoms. The lowest BCUT2D eigenvalue weighted by Gasteiger charge is -2.36. The Morgan fingerprint density at radius 2 is 2.14 bits per heavy atom. The molecule has 1 saturated heterocycles. The van der Waals surface area contributed by atoms with Gasteiger partial charge in [-0.1, -0.05) is 6.92 Å². The Labute approximate surface area is 130 Å². The Hall–Kier alpha value is -0.610. The van der Waals surface area contributed by atoms with Crippen LogP contribution in [0.4, 0.5) is 0 Å². The molecular formula is C17H33N3O. The molecule has 2 rings (SSSR count). The van der Waals surface area contributed by atoms with Gasteiger partial charge in [-0.3, -0.25) is 4.79 Å². The zero-order chi connectivity index (χ0) is 15.1. The average Bonchev–Trinajstić information content (AvgIpc) is 3.28. The maximum absolute atomic E-state index is 11.6. The average molecular weight is 295 g/mol. The zero-order valence-corrected chi connectivity index (χ0v) is 13.9. The van der Waals surface area contributed by atoms with Crippen molar-refractivity contribution in [1.29, 1.82) is 0 Å². The van der Waals surface area contributed by atoms with Gasteiger partial charge in [0.05, 0.1) is 0 Å². The molecule has 0 bridgehead atoms. The standard InChI is InChI=1S/C17H33N3O/c1-3-11-20-12-5-6-15(13-20)14(2)18-10-4-7-17(21)19-16-8-9-16/h14-16,18H,3-13H2,1-2H3,(H,19,21). The van der Waals surface area contributed by atoms with Crippen LogP contribution in [-0.2, 0) is 4.79 Å². The van der Waals surface area contributed by atoms with Crippen molar-refractivity contribution in [3.05, 3.63) is 0 Å². The maximum atomic E-state index is 11.6. The molecule has 0 aromatic heterocycles. The van der Waals surface area contributed by atoms with Crippen LogP contribution in [0, 0.1) is 5.92 Å². The number of rotatable bonds is 9. The minimum atomic E-state index is 0.235. The van der Waals surface area contributed by atoms with Gasteiger partial charge in [0.2, 0.25) is 5.91 Å². The lowest BCUT2D eigenvalue weighted by Crippen LogP contribution is -2.45. The lowest BCUT2D eigenvalue weighted by atomic mass is 9.91. The third-order valence-electron chi connectivity index (χ3n) is 4.78. The molecule has 0 radical (unpaired) electrons. The Morgan fingerprint density at radius 1 is 1.33 bits per heavy atom. The zero-order valence-electron chi connectivity index (χ0n) is 13.9. The van der Waals surface area contributed by atoms with Gasteiger partial charge in [-0.2, -0.15) is 0 Å². The summed E-state index contributed by atoms with van der Waals surface area (Å²) in [5.41, 5.74) is 0. The van der Waals surface area contributed by atoms with E-state index in [9.17, 15) is 4.79 Å². The molecule has 2 aliphatic rings. The summed E-state index contributed by atoms with van der Waals surface area (Å²) in [6.07, 6.45) is 7.91.